The Morgan fingerprint density at radius 2 is 2.20 bits per heavy atom. The van der Waals surface area contributed by atoms with Crippen LogP contribution in [-0.4, -0.2) is 0 Å². The largest absolute Gasteiger partial charge is 0.320 e. The van der Waals surface area contributed by atoms with Crippen LogP contribution in [0.15, 0.2) is 36.4 Å². The van der Waals surface area contributed by atoms with Crippen molar-refractivity contribution in [1.29, 1.82) is 0 Å². The molecule has 0 saturated carbocycles. The van der Waals surface area contributed by atoms with Gasteiger partial charge in [0.2, 0.25) is 0 Å². The molecule has 1 nitrogen and oxygen atoms in total. The molecule has 0 amide bonds. The van der Waals surface area contributed by atoms with E-state index >= 15 is 0 Å². The van der Waals surface area contributed by atoms with E-state index in [0.29, 0.717) is 0 Å². The van der Waals surface area contributed by atoms with Gasteiger partial charge in [0.25, 0.3) is 0 Å². The minimum atomic E-state index is -0.212. The monoisotopic (exact) mass is 221 g/mol. The van der Waals surface area contributed by atoms with E-state index in [1.165, 1.54) is 12.1 Å². The summed E-state index contributed by atoms with van der Waals surface area (Å²) in [5, 5.41) is 0.909. The molecule has 1 heterocycles. The van der Waals surface area contributed by atoms with Crippen molar-refractivity contribution in [1.82, 2.24) is 0 Å². The molecular weight excluding hydrogens is 209 g/mol. The lowest BCUT2D eigenvalue weighted by Crippen LogP contribution is -2.08. The molecule has 1 aromatic carbocycles. The number of benzene rings is 1. The van der Waals surface area contributed by atoms with Gasteiger partial charge in [-0.15, -0.1) is 11.3 Å². The summed E-state index contributed by atoms with van der Waals surface area (Å²) in [4.78, 5) is 1.03. The zero-order valence-electron chi connectivity index (χ0n) is 8.46. The Morgan fingerprint density at radius 3 is 2.87 bits per heavy atom. The summed E-state index contributed by atoms with van der Waals surface area (Å²) in [5.74, 6) is -0.212. The Hall–Kier alpha value is -1.19. The van der Waals surface area contributed by atoms with E-state index in [-0.39, 0.29) is 11.9 Å². The molecule has 15 heavy (non-hydrogen) atoms. The first-order chi connectivity index (χ1) is 7.08. The predicted molar refractivity (Wildman–Crippen MR) is 63.5 cm³/mol. The van der Waals surface area contributed by atoms with E-state index in [4.69, 9.17) is 5.73 Å². The van der Waals surface area contributed by atoms with E-state index in [1.54, 1.807) is 17.4 Å². The molecule has 0 fully saturated rings. The highest BCUT2D eigenvalue weighted by Gasteiger charge is 2.10. The van der Waals surface area contributed by atoms with E-state index in [1.807, 2.05) is 13.0 Å². The number of rotatable bonds is 2. The lowest BCUT2D eigenvalue weighted by atomic mass is 10.1. The van der Waals surface area contributed by atoms with Gasteiger partial charge in [0.1, 0.15) is 5.82 Å². The van der Waals surface area contributed by atoms with E-state index in [9.17, 15) is 4.39 Å². The molecule has 0 saturated heterocycles. The smallest absolute Gasteiger partial charge is 0.123 e. The highest BCUT2D eigenvalue weighted by Crippen LogP contribution is 2.31. The zero-order chi connectivity index (χ0) is 11.0. The number of nitrogens with two attached hydrogens (primary N) is 1. The van der Waals surface area contributed by atoms with Gasteiger partial charge in [0, 0.05) is 9.58 Å². The van der Waals surface area contributed by atoms with Crippen LogP contribution in [0.2, 0.25) is 0 Å². The Morgan fingerprint density at radius 1 is 1.47 bits per heavy atom. The van der Waals surface area contributed by atoms with E-state index in [0.717, 1.165) is 20.5 Å². The maximum absolute atomic E-state index is 13.0. The molecule has 3 heteroatoms. The lowest BCUT2D eigenvalue weighted by Gasteiger charge is -2.07. The topological polar surface area (TPSA) is 26.0 Å². The van der Waals surface area contributed by atoms with Crippen molar-refractivity contribution >= 4 is 21.4 Å². The number of fused-ring (bicyclic) bond motifs is 1. The molecule has 78 valence electrons. The molecule has 0 spiro atoms. The van der Waals surface area contributed by atoms with Gasteiger partial charge >= 0.3 is 0 Å². The molecule has 1 unspecified atom stereocenters. The summed E-state index contributed by atoms with van der Waals surface area (Å²) < 4.78 is 14.0. The molecule has 0 aliphatic rings. The van der Waals surface area contributed by atoms with E-state index in [2.05, 4.69) is 6.58 Å². The highest BCUT2D eigenvalue weighted by atomic mass is 32.1. The summed E-state index contributed by atoms with van der Waals surface area (Å²) in [6, 6.07) is 6.56. The Labute approximate surface area is 92.0 Å². The van der Waals surface area contributed by atoms with Gasteiger partial charge in [-0.1, -0.05) is 12.2 Å². The van der Waals surface area contributed by atoms with Crippen molar-refractivity contribution in [2.24, 2.45) is 5.73 Å². The van der Waals surface area contributed by atoms with Gasteiger partial charge < -0.3 is 5.73 Å². The second kappa shape index (κ2) is 3.76. The first-order valence-corrected chi connectivity index (χ1v) is 5.49. The summed E-state index contributed by atoms with van der Waals surface area (Å²) in [5.41, 5.74) is 6.88. The lowest BCUT2D eigenvalue weighted by molar-refractivity contribution is 0.630. The first-order valence-electron chi connectivity index (χ1n) is 4.68. The second-order valence-corrected chi connectivity index (χ2v) is 4.77. The van der Waals surface area contributed by atoms with E-state index < -0.39 is 0 Å². The van der Waals surface area contributed by atoms with Crippen molar-refractivity contribution in [3.63, 3.8) is 0 Å². The summed E-state index contributed by atoms with van der Waals surface area (Å²) in [6.45, 7) is 5.73. The second-order valence-electron chi connectivity index (χ2n) is 3.65. The number of hydrogen-bond acceptors (Lipinski definition) is 2. The van der Waals surface area contributed by atoms with Crippen molar-refractivity contribution in [3.8, 4) is 0 Å². The Balaban J connectivity index is 2.51. The Kier molecular flexibility index (Phi) is 2.59. The minimum Gasteiger partial charge on any atom is -0.320 e. The predicted octanol–water partition coefficient (Wildman–Crippen LogP) is 3.62. The molecular formula is C12H12FNS. The van der Waals surface area contributed by atoms with Crippen molar-refractivity contribution in [2.75, 3.05) is 0 Å². The van der Waals surface area contributed by atoms with Crippen molar-refractivity contribution in [2.45, 2.75) is 13.0 Å². The SMILES string of the molecule is C=C(C)C(N)c1cc2cc(F)ccc2s1. The molecule has 0 bridgehead atoms. The standard InChI is InChI=1S/C12H12FNS/c1-7(2)12(14)11-6-8-5-9(13)3-4-10(8)15-11/h3-6,12H,1,14H2,2H3. The van der Waals surface area contributed by atoms with Gasteiger partial charge in [-0.05, 0) is 36.6 Å². The van der Waals surface area contributed by atoms with Crippen molar-refractivity contribution in [3.05, 3.63) is 47.1 Å². The summed E-state index contributed by atoms with van der Waals surface area (Å²) >= 11 is 1.59. The average Bonchev–Trinajstić information content (AvgIpc) is 2.58. The maximum Gasteiger partial charge on any atom is 0.123 e. The molecule has 2 aromatic rings. The number of halogens is 1. The van der Waals surface area contributed by atoms with Crippen LogP contribution in [0.5, 0.6) is 0 Å². The number of hydrogen-bond donors (Lipinski definition) is 1. The Bertz CT molecular complexity index is 515. The van der Waals surface area contributed by atoms with Crippen LogP contribution in [0, 0.1) is 5.82 Å². The van der Waals surface area contributed by atoms with Gasteiger partial charge in [-0.3, -0.25) is 0 Å². The van der Waals surface area contributed by atoms with Gasteiger partial charge in [0.15, 0.2) is 0 Å². The summed E-state index contributed by atoms with van der Waals surface area (Å²) in [6.07, 6.45) is 0. The molecule has 1 atom stereocenters. The normalized spacial score (nSPS) is 13.0. The fourth-order valence-electron chi connectivity index (χ4n) is 1.43. The average molecular weight is 221 g/mol. The number of thiophene rings is 1. The molecule has 2 N–H and O–H groups in total. The van der Waals surface area contributed by atoms with Crippen LogP contribution < -0.4 is 5.73 Å². The van der Waals surface area contributed by atoms with Crippen LogP contribution in [0.25, 0.3) is 10.1 Å². The molecule has 0 aliphatic heterocycles. The zero-order valence-corrected chi connectivity index (χ0v) is 9.27. The van der Waals surface area contributed by atoms with Crippen molar-refractivity contribution < 1.29 is 4.39 Å². The third-order valence-electron chi connectivity index (χ3n) is 2.33. The fraction of sp³-hybridized carbons (Fsp3) is 0.167. The van der Waals surface area contributed by atoms with Gasteiger partial charge in [-0.2, -0.15) is 0 Å². The third kappa shape index (κ3) is 1.94. The fourth-order valence-corrected chi connectivity index (χ4v) is 2.57. The highest BCUT2D eigenvalue weighted by molar-refractivity contribution is 7.19. The summed E-state index contributed by atoms with van der Waals surface area (Å²) in [7, 11) is 0. The van der Waals surface area contributed by atoms with Gasteiger partial charge in [0.05, 0.1) is 6.04 Å². The maximum atomic E-state index is 13.0. The molecule has 2 rings (SSSR count). The molecule has 0 aliphatic carbocycles. The van der Waals surface area contributed by atoms with Gasteiger partial charge in [-0.25, -0.2) is 4.39 Å². The minimum absolute atomic E-state index is 0.148. The van der Waals surface area contributed by atoms with Crippen LogP contribution in [0.3, 0.4) is 0 Å². The van der Waals surface area contributed by atoms with Crippen LogP contribution in [0.1, 0.15) is 17.8 Å². The van der Waals surface area contributed by atoms with Crippen LogP contribution in [0.4, 0.5) is 4.39 Å². The third-order valence-corrected chi connectivity index (χ3v) is 3.53. The first kappa shape index (κ1) is 10.3. The van der Waals surface area contributed by atoms with Crippen LogP contribution >= 0.6 is 11.3 Å². The quantitative estimate of drug-likeness (QED) is 0.770. The van der Waals surface area contributed by atoms with Crippen LogP contribution in [-0.2, 0) is 0 Å². The molecule has 0 radical (unpaired) electrons. The molecule has 1 aromatic heterocycles.